The Bertz CT molecular complexity index is 1010. The second-order valence-corrected chi connectivity index (χ2v) is 7.40. The smallest absolute Gasteiger partial charge is 0.230 e. The van der Waals surface area contributed by atoms with E-state index < -0.39 is 0 Å². The van der Waals surface area contributed by atoms with Gasteiger partial charge in [-0.05, 0) is 25.5 Å². The highest BCUT2D eigenvalue weighted by atomic mass is 16.5. The number of para-hydroxylation sites is 2. The Kier molecular flexibility index (Phi) is 5.59. The van der Waals surface area contributed by atoms with Crippen molar-refractivity contribution in [2.45, 2.75) is 32.7 Å². The third-order valence-corrected chi connectivity index (χ3v) is 5.30. The average molecular weight is 395 g/mol. The molecule has 1 aromatic carbocycles. The second-order valence-electron chi connectivity index (χ2n) is 7.40. The number of aromatic nitrogens is 3. The summed E-state index contributed by atoms with van der Waals surface area (Å²) in [6.07, 6.45) is 3.20. The van der Waals surface area contributed by atoms with Crippen LogP contribution in [0.2, 0.25) is 0 Å². The summed E-state index contributed by atoms with van der Waals surface area (Å²) in [5.41, 5.74) is 2.74. The molecule has 4 rings (SSSR count). The average Bonchev–Trinajstić information content (AvgIpc) is 3.23. The number of aryl methyl sites for hydroxylation is 2. The zero-order valence-electron chi connectivity index (χ0n) is 16.6. The second kappa shape index (κ2) is 8.46. The van der Waals surface area contributed by atoms with Crippen molar-refractivity contribution in [3.8, 4) is 0 Å². The number of carbonyl (C=O) groups excluding carboxylic acids is 2. The van der Waals surface area contributed by atoms with Gasteiger partial charge in [0.15, 0.2) is 0 Å². The maximum Gasteiger partial charge on any atom is 0.230 e. The Balaban J connectivity index is 1.29. The molecule has 0 unspecified atom stereocenters. The molecular weight excluding hydrogens is 370 g/mol. The van der Waals surface area contributed by atoms with Crippen LogP contribution in [0.25, 0.3) is 11.0 Å². The van der Waals surface area contributed by atoms with Gasteiger partial charge < -0.3 is 18.9 Å². The molecule has 1 fully saturated rings. The minimum atomic E-state index is 0.0142. The number of hydrogen-bond acceptors (Lipinski definition) is 5. The zero-order chi connectivity index (χ0) is 20.2. The van der Waals surface area contributed by atoms with Gasteiger partial charge in [-0.1, -0.05) is 17.3 Å². The first-order valence-electron chi connectivity index (χ1n) is 9.98. The molecule has 1 aliphatic heterocycles. The van der Waals surface area contributed by atoms with Gasteiger partial charge in [0.1, 0.15) is 5.76 Å². The summed E-state index contributed by atoms with van der Waals surface area (Å²) in [7, 11) is 0. The quantitative estimate of drug-likeness (QED) is 0.660. The monoisotopic (exact) mass is 395 g/mol. The number of rotatable bonds is 5. The van der Waals surface area contributed by atoms with Gasteiger partial charge in [-0.3, -0.25) is 9.59 Å². The number of carbonyl (C=O) groups is 2. The highest BCUT2D eigenvalue weighted by Crippen LogP contribution is 2.14. The first kappa shape index (κ1) is 19.2. The lowest BCUT2D eigenvalue weighted by Crippen LogP contribution is -2.38. The molecule has 0 aliphatic carbocycles. The number of nitrogens with zero attached hydrogens (tertiary/aromatic N) is 5. The number of hydrogen-bond donors (Lipinski definition) is 0. The fourth-order valence-electron chi connectivity index (χ4n) is 3.74. The molecular formula is C21H25N5O3. The Labute approximate surface area is 169 Å². The first-order valence-corrected chi connectivity index (χ1v) is 9.98. The molecule has 0 atom stereocenters. The summed E-state index contributed by atoms with van der Waals surface area (Å²) in [5, 5.41) is 3.82. The van der Waals surface area contributed by atoms with Crippen molar-refractivity contribution in [2.75, 3.05) is 26.2 Å². The van der Waals surface area contributed by atoms with Crippen LogP contribution in [0.4, 0.5) is 0 Å². The molecule has 29 heavy (non-hydrogen) atoms. The largest absolute Gasteiger partial charge is 0.361 e. The molecule has 3 aromatic rings. The van der Waals surface area contributed by atoms with Crippen LogP contribution >= 0.6 is 0 Å². The van der Waals surface area contributed by atoms with Gasteiger partial charge in [0.05, 0.1) is 29.5 Å². The Morgan fingerprint density at radius 1 is 1.07 bits per heavy atom. The van der Waals surface area contributed by atoms with Gasteiger partial charge in [-0.15, -0.1) is 0 Å². The van der Waals surface area contributed by atoms with E-state index in [1.165, 1.54) is 0 Å². The van der Waals surface area contributed by atoms with Crippen LogP contribution < -0.4 is 0 Å². The van der Waals surface area contributed by atoms with Gasteiger partial charge in [0, 0.05) is 45.2 Å². The topological polar surface area (TPSA) is 84.5 Å². The number of imidazole rings is 1. The summed E-state index contributed by atoms with van der Waals surface area (Å²) in [4.78, 5) is 33.3. The predicted molar refractivity (Wildman–Crippen MR) is 107 cm³/mol. The summed E-state index contributed by atoms with van der Waals surface area (Å²) in [6, 6.07) is 9.69. The standard InChI is InChI=1S/C21H25N5O3/c1-16-13-17(29-23-16)14-21(28)25-9-4-8-24(11-12-25)20(27)7-10-26-15-22-18-5-2-3-6-19(18)26/h2-3,5-6,13,15H,4,7-12,14H2,1H3. The maximum absolute atomic E-state index is 12.7. The fraction of sp³-hybridized carbons (Fsp3) is 0.429. The fourth-order valence-corrected chi connectivity index (χ4v) is 3.74. The maximum atomic E-state index is 12.7. The Morgan fingerprint density at radius 2 is 1.83 bits per heavy atom. The van der Waals surface area contributed by atoms with Crippen molar-refractivity contribution in [1.29, 1.82) is 0 Å². The van der Waals surface area contributed by atoms with E-state index in [9.17, 15) is 9.59 Å². The molecule has 0 radical (unpaired) electrons. The van der Waals surface area contributed by atoms with E-state index in [-0.39, 0.29) is 18.2 Å². The normalized spacial score (nSPS) is 14.9. The molecule has 0 spiro atoms. The van der Waals surface area contributed by atoms with Crippen molar-refractivity contribution in [3.63, 3.8) is 0 Å². The van der Waals surface area contributed by atoms with Gasteiger partial charge in [0.25, 0.3) is 0 Å². The highest BCUT2D eigenvalue weighted by Gasteiger charge is 2.23. The van der Waals surface area contributed by atoms with E-state index in [1.807, 2.05) is 45.6 Å². The molecule has 2 amide bonds. The highest BCUT2D eigenvalue weighted by molar-refractivity contribution is 5.79. The molecule has 3 heterocycles. The predicted octanol–water partition coefficient (Wildman–Crippen LogP) is 2.03. The van der Waals surface area contributed by atoms with Crippen LogP contribution in [0.5, 0.6) is 0 Å². The van der Waals surface area contributed by atoms with Crippen molar-refractivity contribution < 1.29 is 14.1 Å². The first-order chi connectivity index (χ1) is 14.1. The van der Waals surface area contributed by atoms with Crippen LogP contribution in [-0.2, 0) is 22.6 Å². The summed E-state index contributed by atoms with van der Waals surface area (Å²) >= 11 is 0. The lowest BCUT2D eigenvalue weighted by atomic mass is 10.2. The van der Waals surface area contributed by atoms with E-state index in [4.69, 9.17) is 4.52 Å². The van der Waals surface area contributed by atoms with Crippen LogP contribution in [0.1, 0.15) is 24.3 Å². The van der Waals surface area contributed by atoms with Gasteiger partial charge in [0.2, 0.25) is 11.8 Å². The number of benzene rings is 1. The number of fused-ring (bicyclic) bond motifs is 1. The van der Waals surface area contributed by atoms with E-state index >= 15 is 0 Å². The SMILES string of the molecule is Cc1cc(CC(=O)N2CCCN(C(=O)CCn3cnc4ccccc43)CC2)on1. The molecule has 2 aromatic heterocycles. The van der Waals surface area contributed by atoms with Gasteiger partial charge in [-0.25, -0.2) is 4.98 Å². The molecule has 8 heteroatoms. The molecule has 0 N–H and O–H groups in total. The van der Waals surface area contributed by atoms with Crippen LogP contribution in [-0.4, -0.2) is 62.5 Å². The molecule has 152 valence electrons. The minimum absolute atomic E-state index is 0.0142. The Hall–Kier alpha value is -3.16. The number of amides is 2. The van der Waals surface area contributed by atoms with Crippen LogP contribution in [0.15, 0.2) is 41.2 Å². The minimum Gasteiger partial charge on any atom is -0.361 e. The van der Waals surface area contributed by atoms with Crippen molar-refractivity contribution in [1.82, 2.24) is 24.5 Å². The summed E-state index contributed by atoms with van der Waals surface area (Å²) < 4.78 is 7.16. The van der Waals surface area contributed by atoms with Crippen molar-refractivity contribution >= 4 is 22.8 Å². The van der Waals surface area contributed by atoms with E-state index in [2.05, 4.69) is 10.1 Å². The van der Waals surface area contributed by atoms with E-state index in [0.717, 1.165) is 23.1 Å². The summed E-state index contributed by atoms with van der Waals surface area (Å²) in [5.74, 6) is 0.709. The molecule has 0 bridgehead atoms. The lowest BCUT2D eigenvalue weighted by Gasteiger charge is -2.22. The lowest BCUT2D eigenvalue weighted by molar-refractivity contribution is -0.133. The zero-order valence-corrected chi connectivity index (χ0v) is 16.6. The van der Waals surface area contributed by atoms with Gasteiger partial charge in [-0.2, -0.15) is 0 Å². The molecule has 1 aliphatic rings. The van der Waals surface area contributed by atoms with Crippen molar-refractivity contribution in [2.24, 2.45) is 0 Å². The third-order valence-electron chi connectivity index (χ3n) is 5.30. The van der Waals surface area contributed by atoms with Gasteiger partial charge >= 0.3 is 0 Å². The molecule has 0 saturated carbocycles. The van der Waals surface area contributed by atoms with Crippen LogP contribution in [0, 0.1) is 6.92 Å². The molecule has 8 nitrogen and oxygen atoms in total. The van der Waals surface area contributed by atoms with E-state index in [1.54, 1.807) is 12.4 Å². The Morgan fingerprint density at radius 3 is 2.59 bits per heavy atom. The van der Waals surface area contributed by atoms with Crippen molar-refractivity contribution in [3.05, 3.63) is 48.1 Å². The molecule has 1 saturated heterocycles. The van der Waals surface area contributed by atoms with Crippen LogP contribution in [0.3, 0.4) is 0 Å². The summed E-state index contributed by atoms with van der Waals surface area (Å²) in [6.45, 7) is 4.87. The third kappa shape index (κ3) is 4.47. The van der Waals surface area contributed by atoms with E-state index in [0.29, 0.717) is 44.9 Å².